The molecule has 0 spiro atoms. The molecule has 7 heteroatoms. The largest absolute Gasteiger partial charge is 0.598 e. The summed E-state index contributed by atoms with van der Waals surface area (Å²) in [6.07, 6.45) is 0. The van der Waals surface area contributed by atoms with Crippen LogP contribution in [0.25, 0.3) is 0 Å². The lowest BCUT2D eigenvalue weighted by atomic mass is 10.2. The van der Waals surface area contributed by atoms with E-state index in [4.69, 9.17) is 23.2 Å². The van der Waals surface area contributed by atoms with Crippen LogP contribution in [0.15, 0.2) is 46.2 Å². The van der Waals surface area contributed by atoms with Crippen molar-refractivity contribution in [1.82, 2.24) is 4.72 Å². The fourth-order valence-electron chi connectivity index (χ4n) is 2.04. The third-order valence-electron chi connectivity index (χ3n) is 3.45. The van der Waals surface area contributed by atoms with E-state index in [0.29, 0.717) is 16.6 Å². The molecule has 136 valence electrons. The monoisotopic (exact) mass is 417 g/mol. The van der Waals surface area contributed by atoms with Crippen molar-refractivity contribution >= 4 is 46.3 Å². The molecule has 3 nitrogen and oxygen atoms in total. The Bertz CT molecular complexity index is 736. The Morgan fingerprint density at radius 1 is 1.12 bits per heavy atom. The van der Waals surface area contributed by atoms with Gasteiger partial charge >= 0.3 is 0 Å². The lowest BCUT2D eigenvalue weighted by Gasteiger charge is -2.24. The normalized spacial score (nSPS) is 13.1. The number of hydrogen-bond acceptors (Lipinski definition) is 4. The quantitative estimate of drug-likeness (QED) is 0.634. The highest BCUT2D eigenvalue weighted by Crippen LogP contribution is 2.38. The molecular formula is C18H21Cl2NO2S2. The van der Waals surface area contributed by atoms with Crippen LogP contribution >= 0.6 is 35.0 Å². The van der Waals surface area contributed by atoms with E-state index in [9.17, 15) is 9.66 Å². The Morgan fingerprint density at radius 2 is 1.80 bits per heavy atom. The van der Waals surface area contributed by atoms with Gasteiger partial charge in [0, 0.05) is 26.7 Å². The van der Waals surface area contributed by atoms with Crippen molar-refractivity contribution < 1.29 is 9.66 Å². The minimum absolute atomic E-state index is 0.0356. The highest BCUT2D eigenvalue weighted by molar-refractivity contribution is 7.99. The summed E-state index contributed by atoms with van der Waals surface area (Å²) >= 11 is 12.9. The van der Waals surface area contributed by atoms with Crippen LogP contribution in [0, 0.1) is 0 Å². The van der Waals surface area contributed by atoms with Gasteiger partial charge in [-0.1, -0.05) is 53.2 Å². The van der Waals surface area contributed by atoms with Gasteiger partial charge in [0.25, 0.3) is 0 Å². The average molecular weight is 418 g/mol. The van der Waals surface area contributed by atoms with Gasteiger partial charge in [0.1, 0.15) is 4.75 Å². The average Bonchev–Trinajstić information content (AvgIpc) is 2.57. The van der Waals surface area contributed by atoms with Gasteiger partial charge in [0.15, 0.2) is 0 Å². The van der Waals surface area contributed by atoms with E-state index >= 15 is 0 Å². The van der Waals surface area contributed by atoms with Crippen LogP contribution in [0.3, 0.4) is 0 Å². The van der Waals surface area contributed by atoms with E-state index in [1.165, 1.54) is 11.8 Å². The van der Waals surface area contributed by atoms with Gasteiger partial charge in [-0.05, 0) is 44.5 Å². The summed E-state index contributed by atoms with van der Waals surface area (Å²) < 4.78 is 14.9. The summed E-state index contributed by atoms with van der Waals surface area (Å²) in [5.41, 5.74) is 1.64. The first-order chi connectivity index (χ1) is 11.7. The molecule has 0 aliphatic rings. The third kappa shape index (κ3) is 5.54. The van der Waals surface area contributed by atoms with Crippen LogP contribution in [0.1, 0.15) is 31.9 Å². The van der Waals surface area contributed by atoms with Crippen LogP contribution in [-0.2, 0) is 24.5 Å². The molecule has 0 saturated heterocycles. The molecule has 0 fully saturated rings. The smallest absolute Gasteiger partial charge is 0.136 e. The summed E-state index contributed by atoms with van der Waals surface area (Å²) in [6, 6.07) is 11.3. The molecule has 0 aliphatic carbocycles. The predicted molar refractivity (Wildman–Crippen MR) is 108 cm³/mol. The van der Waals surface area contributed by atoms with E-state index in [2.05, 4.69) is 4.72 Å². The van der Waals surface area contributed by atoms with Crippen molar-refractivity contribution in [2.24, 2.45) is 0 Å². The molecule has 0 aromatic heterocycles. The van der Waals surface area contributed by atoms with Gasteiger partial charge in [-0.15, -0.1) is 4.72 Å². The van der Waals surface area contributed by atoms with Gasteiger partial charge in [0.05, 0.1) is 23.2 Å². The van der Waals surface area contributed by atoms with Gasteiger partial charge in [0.2, 0.25) is 0 Å². The molecule has 2 aromatic carbocycles. The van der Waals surface area contributed by atoms with Crippen LogP contribution in [-0.4, -0.2) is 14.4 Å². The number of hydrogen-bond donors (Lipinski definition) is 2. The summed E-state index contributed by atoms with van der Waals surface area (Å²) in [7, 11) is 0. The number of aliphatic hydroxyl groups excluding tert-OH is 1. The standard InChI is InChI=1S/C18H21Cl2NO2S2/c1-18(2,3)25(23)21-10-13-16(9-8-14(19)17(13)20)24-15-7-5-4-6-12(15)11-22/h4-9,21-22H,10-11H2,1-3H3. The van der Waals surface area contributed by atoms with Crippen LogP contribution in [0.2, 0.25) is 10.0 Å². The number of halogens is 2. The first-order valence-electron chi connectivity index (χ1n) is 7.73. The van der Waals surface area contributed by atoms with Crippen molar-refractivity contribution in [3.8, 4) is 0 Å². The molecule has 0 radical (unpaired) electrons. The van der Waals surface area contributed by atoms with Gasteiger partial charge in [-0.3, -0.25) is 0 Å². The van der Waals surface area contributed by atoms with Crippen LogP contribution < -0.4 is 4.72 Å². The van der Waals surface area contributed by atoms with Crippen molar-refractivity contribution in [3.63, 3.8) is 0 Å². The number of aliphatic hydroxyl groups is 1. The first kappa shape index (κ1) is 20.9. The van der Waals surface area contributed by atoms with Crippen LogP contribution in [0.4, 0.5) is 0 Å². The first-order valence-corrected chi connectivity index (χ1v) is 10.4. The molecule has 1 atom stereocenters. The molecule has 0 amide bonds. The summed E-state index contributed by atoms with van der Waals surface area (Å²) in [5.74, 6) is 0. The van der Waals surface area contributed by atoms with Crippen molar-refractivity contribution in [1.29, 1.82) is 0 Å². The molecule has 2 rings (SSSR count). The lowest BCUT2D eigenvalue weighted by Crippen LogP contribution is -2.39. The fourth-order valence-corrected chi connectivity index (χ4v) is 4.30. The van der Waals surface area contributed by atoms with E-state index in [1.54, 1.807) is 6.07 Å². The third-order valence-corrected chi connectivity index (χ3v) is 7.04. The van der Waals surface area contributed by atoms with Gasteiger partial charge in [-0.2, -0.15) is 0 Å². The maximum absolute atomic E-state index is 12.3. The maximum Gasteiger partial charge on any atom is 0.136 e. The molecular weight excluding hydrogens is 397 g/mol. The van der Waals surface area contributed by atoms with E-state index in [-0.39, 0.29) is 11.4 Å². The van der Waals surface area contributed by atoms with E-state index < -0.39 is 11.4 Å². The fraction of sp³-hybridized carbons (Fsp3) is 0.333. The highest BCUT2D eigenvalue weighted by atomic mass is 35.5. The van der Waals surface area contributed by atoms with Gasteiger partial charge in [-0.25, -0.2) is 0 Å². The highest BCUT2D eigenvalue weighted by Gasteiger charge is 2.27. The Morgan fingerprint density at radius 3 is 2.44 bits per heavy atom. The Kier molecular flexibility index (Phi) is 7.52. The molecule has 25 heavy (non-hydrogen) atoms. The second-order valence-corrected chi connectivity index (χ2v) is 10.3. The van der Waals surface area contributed by atoms with E-state index in [0.717, 1.165) is 20.9 Å². The molecule has 1 unspecified atom stereocenters. The Balaban J connectivity index is 2.31. The zero-order valence-electron chi connectivity index (χ0n) is 14.3. The van der Waals surface area contributed by atoms with Crippen molar-refractivity contribution in [3.05, 3.63) is 57.6 Å². The zero-order valence-corrected chi connectivity index (χ0v) is 17.5. The summed E-state index contributed by atoms with van der Waals surface area (Å²) in [5, 5.41) is 10.4. The van der Waals surface area contributed by atoms with Crippen molar-refractivity contribution in [2.45, 2.75) is 48.5 Å². The Hall–Kier alpha value is -0.400. The number of benzene rings is 2. The second-order valence-electron chi connectivity index (χ2n) is 6.41. The molecule has 2 N–H and O–H groups in total. The van der Waals surface area contributed by atoms with Crippen molar-refractivity contribution in [2.75, 3.05) is 0 Å². The summed E-state index contributed by atoms with van der Waals surface area (Å²) in [4.78, 5) is 1.86. The van der Waals surface area contributed by atoms with Gasteiger partial charge < -0.3 is 9.66 Å². The molecule has 0 bridgehead atoms. The van der Waals surface area contributed by atoms with Crippen LogP contribution in [0.5, 0.6) is 0 Å². The lowest BCUT2D eigenvalue weighted by molar-refractivity contribution is 0.279. The maximum atomic E-state index is 12.3. The minimum atomic E-state index is -1.21. The molecule has 2 aromatic rings. The number of rotatable bonds is 6. The minimum Gasteiger partial charge on any atom is -0.598 e. The number of nitrogens with one attached hydrogen (secondary N) is 1. The predicted octanol–water partition coefficient (Wildman–Crippen LogP) is 5.19. The molecule has 0 saturated carbocycles. The second kappa shape index (κ2) is 9.00. The Labute approximate surface area is 166 Å². The zero-order chi connectivity index (χ0) is 18.6. The van der Waals surface area contributed by atoms with E-state index in [1.807, 2.05) is 51.1 Å². The topological polar surface area (TPSA) is 55.3 Å². The molecule has 0 aliphatic heterocycles. The molecule has 0 heterocycles. The SMILES string of the molecule is CC(C)(C)[S+]([O-])NCc1c(Sc2ccccc2CO)ccc(Cl)c1Cl. The summed E-state index contributed by atoms with van der Waals surface area (Å²) in [6.45, 7) is 6.02.